The summed E-state index contributed by atoms with van der Waals surface area (Å²) < 4.78 is 5.71. The fourth-order valence-corrected chi connectivity index (χ4v) is 2.14. The molecule has 0 saturated carbocycles. The number of hydrogen-bond acceptors (Lipinski definition) is 1. The average molecular weight is 234 g/mol. The molecule has 0 saturated heterocycles. The van der Waals surface area contributed by atoms with Crippen LogP contribution < -0.4 is 4.74 Å². The highest BCUT2D eigenvalue weighted by molar-refractivity contribution is 5.29. The highest BCUT2D eigenvalue weighted by Gasteiger charge is 2.06. The highest BCUT2D eigenvalue weighted by Crippen LogP contribution is 2.24. The van der Waals surface area contributed by atoms with Crippen molar-refractivity contribution >= 4 is 0 Å². The van der Waals surface area contributed by atoms with Gasteiger partial charge in [-0.25, -0.2) is 0 Å². The molecule has 0 spiro atoms. The Bertz CT molecular complexity index is 285. The van der Waals surface area contributed by atoms with Crippen LogP contribution in [0.25, 0.3) is 0 Å². The first-order valence-corrected chi connectivity index (χ1v) is 7.04. The second-order valence-electron chi connectivity index (χ2n) is 4.64. The number of ether oxygens (including phenoxy) is 1. The largest absolute Gasteiger partial charge is 0.494 e. The van der Waals surface area contributed by atoms with Gasteiger partial charge in [-0.15, -0.1) is 0 Å². The zero-order chi connectivity index (χ0) is 12.5. The lowest BCUT2D eigenvalue weighted by molar-refractivity contribution is 0.306. The maximum atomic E-state index is 5.71. The van der Waals surface area contributed by atoms with E-state index in [1.807, 2.05) is 0 Å². The molecule has 1 aromatic carbocycles. The number of benzene rings is 1. The first kappa shape index (κ1) is 14.1. The third kappa shape index (κ3) is 4.80. The molecule has 0 unspecified atom stereocenters. The van der Waals surface area contributed by atoms with Gasteiger partial charge in [-0.05, 0) is 42.9 Å². The lowest BCUT2D eigenvalue weighted by Crippen LogP contribution is -1.98. The zero-order valence-corrected chi connectivity index (χ0v) is 11.5. The second kappa shape index (κ2) is 8.16. The maximum absolute atomic E-state index is 5.71. The molecule has 0 heterocycles. The van der Waals surface area contributed by atoms with Crippen molar-refractivity contribution in [2.75, 3.05) is 6.61 Å². The molecular formula is C16H26O. The second-order valence-corrected chi connectivity index (χ2v) is 4.64. The van der Waals surface area contributed by atoms with Crippen LogP contribution >= 0.6 is 0 Å². The molecule has 0 radical (unpaired) electrons. The SMILES string of the molecule is CCCCCOc1ccc(C(CC)CC)cc1. The molecule has 0 bridgehead atoms. The van der Waals surface area contributed by atoms with E-state index in [0.717, 1.165) is 18.8 Å². The fraction of sp³-hybridized carbons (Fsp3) is 0.625. The summed E-state index contributed by atoms with van der Waals surface area (Å²) in [6.45, 7) is 7.56. The molecule has 1 nitrogen and oxygen atoms in total. The van der Waals surface area contributed by atoms with Crippen LogP contribution in [-0.4, -0.2) is 6.61 Å². The summed E-state index contributed by atoms with van der Waals surface area (Å²) in [5.41, 5.74) is 1.44. The van der Waals surface area contributed by atoms with Gasteiger partial charge in [0.05, 0.1) is 6.61 Å². The minimum absolute atomic E-state index is 0.698. The van der Waals surface area contributed by atoms with Crippen molar-refractivity contribution in [2.45, 2.75) is 58.8 Å². The van der Waals surface area contributed by atoms with Crippen molar-refractivity contribution in [1.29, 1.82) is 0 Å². The predicted molar refractivity (Wildman–Crippen MR) is 74.8 cm³/mol. The van der Waals surface area contributed by atoms with Crippen molar-refractivity contribution in [2.24, 2.45) is 0 Å². The lowest BCUT2D eigenvalue weighted by atomic mass is 9.94. The van der Waals surface area contributed by atoms with Gasteiger partial charge in [0, 0.05) is 0 Å². The minimum Gasteiger partial charge on any atom is -0.494 e. The van der Waals surface area contributed by atoms with Gasteiger partial charge in [-0.2, -0.15) is 0 Å². The van der Waals surface area contributed by atoms with Crippen molar-refractivity contribution in [3.8, 4) is 5.75 Å². The minimum atomic E-state index is 0.698. The van der Waals surface area contributed by atoms with Gasteiger partial charge in [0.1, 0.15) is 5.75 Å². The van der Waals surface area contributed by atoms with Crippen molar-refractivity contribution in [3.05, 3.63) is 29.8 Å². The highest BCUT2D eigenvalue weighted by atomic mass is 16.5. The predicted octanol–water partition coefficient (Wildman–Crippen LogP) is 5.16. The van der Waals surface area contributed by atoms with Gasteiger partial charge < -0.3 is 4.74 Å². The van der Waals surface area contributed by atoms with Crippen LogP contribution in [0.1, 0.15) is 64.4 Å². The van der Waals surface area contributed by atoms with Crippen LogP contribution in [0.3, 0.4) is 0 Å². The molecule has 0 N–H and O–H groups in total. The zero-order valence-electron chi connectivity index (χ0n) is 11.5. The summed E-state index contributed by atoms with van der Waals surface area (Å²) in [7, 11) is 0. The Balaban J connectivity index is 2.44. The molecule has 1 rings (SSSR count). The summed E-state index contributed by atoms with van der Waals surface area (Å²) in [4.78, 5) is 0. The average Bonchev–Trinajstić information content (AvgIpc) is 2.38. The third-order valence-electron chi connectivity index (χ3n) is 3.35. The first-order chi connectivity index (χ1) is 8.31. The van der Waals surface area contributed by atoms with Gasteiger partial charge in [-0.3, -0.25) is 0 Å². The Morgan fingerprint density at radius 2 is 1.59 bits per heavy atom. The number of rotatable bonds is 8. The molecule has 1 heteroatoms. The van der Waals surface area contributed by atoms with E-state index >= 15 is 0 Å². The number of unbranched alkanes of at least 4 members (excludes halogenated alkanes) is 2. The van der Waals surface area contributed by atoms with Gasteiger partial charge in [0.25, 0.3) is 0 Å². The summed E-state index contributed by atoms with van der Waals surface area (Å²) in [6.07, 6.45) is 6.09. The van der Waals surface area contributed by atoms with Crippen LogP contribution in [0.5, 0.6) is 5.75 Å². The van der Waals surface area contributed by atoms with Crippen LogP contribution in [0, 0.1) is 0 Å². The normalized spacial score (nSPS) is 10.8. The van der Waals surface area contributed by atoms with E-state index in [2.05, 4.69) is 45.0 Å². The van der Waals surface area contributed by atoms with E-state index in [0.29, 0.717) is 5.92 Å². The monoisotopic (exact) mass is 234 g/mol. The van der Waals surface area contributed by atoms with Crippen LogP contribution in [0.15, 0.2) is 24.3 Å². The van der Waals surface area contributed by atoms with E-state index in [-0.39, 0.29) is 0 Å². The quantitative estimate of drug-likeness (QED) is 0.564. The van der Waals surface area contributed by atoms with Crippen molar-refractivity contribution in [1.82, 2.24) is 0 Å². The Labute approximate surface area is 106 Å². The van der Waals surface area contributed by atoms with Crippen molar-refractivity contribution in [3.63, 3.8) is 0 Å². The van der Waals surface area contributed by atoms with Crippen LogP contribution in [-0.2, 0) is 0 Å². The molecule has 0 aliphatic heterocycles. The van der Waals surface area contributed by atoms with E-state index in [4.69, 9.17) is 4.74 Å². The lowest BCUT2D eigenvalue weighted by Gasteiger charge is -2.13. The summed E-state index contributed by atoms with van der Waals surface area (Å²) in [6, 6.07) is 8.65. The fourth-order valence-electron chi connectivity index (χ4n) is 2.14. The topological polar surface area (TPSA) is 9.23 Å². The molecule has 17 heavy (non-hydrogen) atoms. The Morgan fingerprint density at radius 3 is 2.12 bits per heavy atom. The van der Waals surface area contributed by atoms with E-state index < -0.39 is 0 Å². The summed E-state index contributed by atoms with van der Waals surface area (Å²) in [5, 5.41) is 0. The number of hydrogen-bond donors (Lipinski definition) is 0. The Kier molecular flexibility index (Phi) is 6.76. The molecular weight excluding hydrogens is 208 g/mol. The van der Waals surface area contributed by atoms with E-state index in [1.165, 1.54) is 31.2 Å². The van der Waals surface area contributed by atoms with Crippen LogP contribution in [0.2, 0.25) is 0 Å². The van der Waals surface area contributed by atoms with E-state index in [1.54, 1.807) is 0 Å². The van der Waals surface area contributed by atoms with Gasteiger partial charge in [0.15, 0.2) is 0 Å². The Morgan fingerprint density at radius 1 is 0.941 bits per heavy atom. The first-order valence-electron chi connectivity index (χ1n) is 7.04. The van der Waals surface area contributed by atoms with Gasteiger partial charge >= 0.3 is 0 Å². The van der Waals surface area contributed by atoms with Crippen LogP contribution in [0.4, 0.5) is 0 Å². The summed E-state index contributed by atoms with van der Waals surface area (Å²) >= 11 is 0. The van der Waals surface area contributed by atoms with Crippen molar-refractivity contribution < 1.29 is 4.74 Å². The third-order valence-corrected chi connectivity index (χ3v) is 3.35. The van der Waals surface area contributed by atoms with Gasteiger partial charge in [0.2, 0.25) is 0 Å². The maximum Gasteiger partial charge on any atom is 0.119 e. The molecule has 0 atom stereocenters. The molecule has 0 amide bonds. The summed E-state index contributed by atoms with van der Waals surface area (Å²) in [5.74, 6) is 1.71. The molecule has 0 aliphatic carbocycles. The molecule has 96 valence electrons. The van der Waals surface area contributed by atoms with Gasteiger partial charge in [-0.1, -0.05) is 45.7 Å². The molecule has 0 aromatic heterocycles. The Hall–Kier alpha value is -0.980. The molecule has 0 aliphatic rings. The molecule has 0 fully saturated rings. The standard InChI is InChI=1S/C16H26O/c1-4-7-8-13-17-16-11-9-15(10-12-16)14(5-2)6-3/h9-12,14H,4-8,13H2,1-3H3. The molecule has 1 aromatic rings. The smallest absolute Gasteiger partial charge is 0.119 e. The van der Waals surface area contributed by atoms with E-state index in [9.17, 15) is 0 Å².